The zero-order chi connectivity index (χ0) is 19.7. The summed E-state index contributed by atoms with van der Waals surface area (Å²) in [5.41, 5.74) is 1.76. The summed E-state index contributed by atoms with van der Waals surface area (Å²) in [5, 5.41) is 17.5. The number of allylic oxidation sites excluding steroid dienone is 1. The standard InChI is InChI=1S/C18H21BrN4O4/c1-9(2)7-27-17(25)14-10(3)22-18-20-8-21-23(18)15(14)11-5-12(19)16(24)13(6-11)26-4/h5-6,8-9,15,24H,7H2,1-4H3,(H,20,21,22)/t15-/m1/s1. The van der Waals surface area contributed by atoms with Gasteiger partial charge in [-0.25, -0.2) is 9.48 Å². The van der Waals surface area contributed by atoms with Crippen molar-refractivity contribution < 1.29 is 19.4 Å². The van der Waals surface area contributed by atoms with E-state index >= 15 is 0 Å². The molecule has 1 aliphatic rings. The van der Waals surface area contributed by atoms with Gasteiger partial charge in [-0.3, -0.25) is 0 Å². The van der Waals surface area contributed by atoms with Crippen LogP contribution in [-0.2, 0) is 9.53 Å². The first-order valence-corrected chi connectivity index (χ1v) is 9.23. The highest BCUT2D eigenvalue weighted by molar-refractivity contribution is 9.10. The van der Waals surface area contributed by atoms with Crippen molar-refractivity contribution in [2.45, 2.75) is 26.8 Å². The first-order valence-electron chi connectivity index (χ1n) is 8.44. The second kappa shape index (κ2) is 7.59. The van der Waals surface area contributed by atoms with Gasteiger partial charge in [0.25, 0.3) is 0 Å². The molecule has 9 heteroatoms. The minimum atomic E-state index is -0.575. The van der Waals surface area contributed by atoms with E-state index in [9.17, 15) is 9.90 Å². The molecule has 0 radical (unpaired) electrons. The number of anilines is 1. The number of carbonyl (C=O) groups excluding carboxylic acids is 1. The van der Waals surface area contributed by atoms with Gasteiger partial charge in [0.1, 0.15) is 12.4 Å². The number of halogens is 1. The molecule has 0 saturated carbocycles. The average Bonchev–Trinajstić information content (AvgIpc) is 3.08. The molecule has 3 rings (SSSR count). The summed E-state index contributed by atoms with van der Waals surface area (Å²) in [7, 11) is 1.47. The number of nitrogens with one attached hydrogen (secondary N) is 1. The highest BCUT2D eigenvalue weighted by Crippen LogP contribution is 2.42. The lowest BCUT2D eigenvalue weighted by atomic mass is 9.95. The predicted octanol–water partition coefficient (Wildman–Crippen LogP) is 3.24. The lowest BCUT2D eigenvalue weighted by Crippen LogP contribution is -2.30. The number of phenolic OH excluding ortho intramolecular Hbond substituents is 1. The number of ether oxygens (including phenoxy) is 2. The Balaban J connectivity index is 2.12. The SMILES string of the molecule is COc1cc([C@@H]2C(C(=O)OCC(C)C)=C(C)Nc3ncnn32)cc(Br)c1O. The molecule has 1 aromatic heterocycles. The van der Waals surface area contributed by atoms with E-state index in [0.29, 0.717) is 33.9 Å². The van der Waals surface area contributed by atoms with Crippen LogP contribution in [0.4, 0.5) is 5.95 Å². The van der Waals surface area contributed by atoms with E-state index in [-0.39, 0.29) is 17.4 Å². The molecule has 2 N–H and O–H groups in total. The number of carbonyl (C=O) groups is 1. The molecule has 1 atom stereocenters. The van der Waals surface area contributed by atoms with E-state index in [1.807, 2.05) is 13.8 Å². The van der Waals surface area contributed by atoms with Gasteiger partial charge < -0.3 is 19.9 Å². The van der Waals surface area contributed by atoms with Gasteiger partial charge in [0.05, 0.1) is 23.8 Å². The summed E-state index contributed by atoms with van der Waals surface area (Å²) in [6, 6.07) is 2.82. The van der Waals surface area contributed by atoms with Crippen molar-refractivity contribution in [3.63, 3.8) is 0 Å². The van der Waals surface area contributed by atoms with E-state index in [2.05, 4.69) is 31.3 Å². The Morgan fingerprint density at radius 1 is 1.44 bits per heavy atom. The highest BCUT2D eigenvalue weighted by Gasteiger charge is 2.35. The van der Waals surface area contributed by atoms with Crippen LogP contribution in [0.15, 0.2) is 34.2 Å². The van der Waals surface area contributed by atoms with Crippen molar-refractivity contribution in [1.29, 1.82) is 0 Å². The Hall–Kier alpha value is -2.55. The highest BCUT2D eigenvalue weighted by atomic mass is 79.9. The smallest absolute Gasteiger partial charge is 0.338 e. The van der Waals surface area contributed by atoms with Crippen molar-refractivity contribution in [3.8, 4) is 11.5 Å². The minimum absolute atomic E-state index is 0.0152. The van der Waals surface area contributed by atoms with E-state index in [1.54, 1.807) is 23.7 Å². The second-order valence-corrected chi connectivity index (χ2v) is 7.49. The predicted molar refractivity (Wildman–Crippen MR) is 103 cm³/mol. The van der Waals surface area contributed by atoms with Crippen molar-refractivity contribution in [3.05, 3.63) is 39.8 Å². The maximum Gasteiger partial charge on any atom is 0.338 e. The fourth-order valence-electron chi connectivity index (χ4n) is 2.89. The Labute approximate surface area is 165 Å². The molecule has 2 aromatic rings. The van der Waals surface area contributed by atoms with Crippen LogP contribution in [0, 0.1) is 5.92 Å². The van der Waals surface area contributed by atoms with Crippen LogP contribution in [0.1, 0.15) is 32.4 Å². The number of esters is 1. The number of phenols is 1. The van der Waals surface area contributed by atoms with Crippen molar-refractivity contribution in [2.24, 2.45) is 5.92 Å². The molecule has 0 bridgehead atoms. The van der Waals surface area contributed by atoms with E-state index < -0.39 is 12.0 Å². The van der Waals surface area contributed by atoms with Crippen molar-refractivity contribution >= 4 is 27.8 Å². The Kier molecular flexibility index (Phi) is 5.41. The molecule has 0 saturated heterocycles. The fourth-order valence-corrected chi connectivity index (χ4v) is 3.35. The third kappa shape index (κ3) is 3.64. The molecule has 1 aliphatic heterocycles. The Morgan fingerprint density at radius 3 is 2.85 bits per heavy atom. The number of hydrogen-bond donors (Lipinski definition) is 2. The second-order valence-electron chi connectivity index (χ2n) is 6.64. The third-order valence-electron chi connectivity index (χ3n) is 4.15. The lowest BCUT2D eigenvalue weighted by molar-refractivity contribution is -0.140. The summed E-state index contributed by atoms with van der Waals surface area (Å²) in [4.78, 5) is 17.1. The topological polar surface area (TPSA) is 98.5 Å². The van der Waals surface area contributed by atoms with E-state index in [1.165, 1.54) is 13.4 Å². The monoisotopic (exact) mass is 436 g/mol. The molecule has 8 nitrogen and oxygen atoms in total. The third-order valence-corrected chi connectivity index (χ3v) is 4.75. The number of benzene rings is 1. The van der Waals surface area contributed by atoms with Gasteiger partial charge in [-0.1, -0.05) is 13.8 Å². The quantitative estimate of drug-likeness (QED) is 0.693. The first kappa shape index (κ1) is 19.2. The molecule has 2 heterocycles. The van der Waals surface area contributed by atoms with Gasteiger partial charge in [0, 0.05) is 5.70 Å². The molecule has 27 heavy (non-hydrogen) atoms. The number of nitrogens with zero attached hydrogens (tertiary/aromatic N) is 3. The average molecular weight is 437 g/mol. The van der Waals surface area contributed by atoms with Crippen LogP contribution in [0.2, 0.25) is 0 Å². The van der Waals surface area contributed by atoms with Crippen LogP contribution in [0.25, 0.3) is 0 Å². The van der Waals surface area contributed by atoms with Crippen LogP contribution < -0.4 is 10.1 Å². The number of fused-ring (bicyclic) bond motifs is 1. The molecule has 0 aliphatic carbocycles. The molecule has 0 amide bonds. The Bertz CT molecular complexity index is 907. The number of methoxy groups -OCH3 is 1. The maximum absolute atomic E-state index is 12.9. The van der Waals surface area contributed by atoms with Crippen LogP contribution in [0.5, 0.6) is 11.5 Å². The number of aromatic nitrogens is 3. The van der Waals surface area contributed by atoms with Crippen LogP contribution >= 0.6 is 15.9 Å². The molecule has 144 valence electrons. The van der Waals surface area contributed by atoms with Gasteiger partial charge in [0.2, 0.25) is 5.95 Å². The molecule has 0 fully saturated rings. The Morgan fingerprint density at radius 2 is 2.19 bits per heavy atom. The molecule has 1 aromatic carbocycles. The summed E-state index contributed by atoms with van der Waals surface area (Å²) in [6.07, 6.45) is 1.41. The molecule has 0 unspecified atom stereocenters. The van der Waals surface area contributed by atoms with Gasteiger partial charge in [-0.2, -0.15) is 10.1 Å². The van der Waals surface area contributed by atoms with Crippen LogP contribution in [0.3, 0.4) is 0 Å². The normalized spacial score (nSPS) is 16.1. The zero-order valence-corrected chi connectivity index (χ0v) is 17.1. The largest absolute Gasteiger partial charge is 0.503 e. The van der Waals surface area contributed by atoms with Gasteiger partial charge >= 0.3 is 5.97 Å². The number of rotatable bonds is 5. The summed E-state index contributed by atoms with van der Waals surface area (Å²) >= 11 is 3.33. The van der Waals surface area contributed by atoms with Gasteiger partial charge in [-0.15, -0.1) is 0 Å². The van der Waals surface area contributed by atoms with E-state index in [0.717, 1.165) is 0 Å². The zero-order valence-electron chi connectivity index (χ0n) is 15.5. The molecular weight excluding hydrogens is 416 g/mol. The molecular formula is C18H21BrN4O4. The fraction of sp³-hybridized carbons (Fsp3) is 0.389. The van der Waals surface area contributed by atoms with Gasteiger partial charge in [-0.05, 0) is 46.5 Å². The van der Waals surface area contributed by atoms with Crippen molar-refractivity contribution in [1.82, 2.24) is 14.8 Å². The maximum atomic E-state index is 12.9. The summed E-state index contributed by atoms with van der Waals surface area (Å²) in [5.74, 6) is 0.574. The van der Waals surface area contributed by atoms with E-state index in [4.69, 9.17) is 9.47 Å². The number of aromatic hydroxyl groups is 1. The van der Waals surface area contributed by atoms with Crippen molar-refractivity contribution in [2.75, 3.05) is 19.0 Å². The summed E-state index contributed by atoms with van der Waals surface area (Å²) in [6.45, 7) is 6.06. The van der Waals surface area contributed by atoms with Gasteiger partial charge in [0.15, 0.2) is 11.5 Å². The van der Waals surface area contributed by atoms with Crippen LogP contribution in [-0.4, -0.2) is 39.6 Å². The minimum Gasteiger partial charge on any atom is -0.503 e. The molecule has 0 spiro atoms. The number of hydrogen-bond acceptors (Lipinski definition) is 7. The summed E-state index contributed by atoms with van der Waals surface area (Å²) < 4.78 is 12.8. The lowest BCUT2D eigenvalue weighted by Gasteiger charge is -2.28. The first-order chi connectivity index (χ1) is 12.8.